The number of rotatable bonds is 5. The molecular weight excluding hydrogens is 216 g/mol. The lowest BCUT2D eigenvalue weighted by atomic mass is 10.2. The van der Waals surface area contributed by atoms with Crippen molar-refractivity contribution in [2.45, 2.75) is 25.8 Å². The summed E-state index contributed by atoms with van der Waals surface area (Å²) in [5.74, 6) is 0.0564. The van der Waals surface area contributed by atoms with Gasteiger partial charge in [-0.1, -0.05) is 13.3 Å². The summed E-state index contributed by atoms with van der Waals surface area (Å²) >= 11 is 0. The molecular formula is C9H20N2O3S. The van der Waals surface area contributed by atoms with Crippen molar-refractivity contribution in [1.29, 1.82) is 0 Å². The Hall–Kier alpha value is -0.170. The van der Waals surface area contributed by atoms with Crippen molar-refractivity contribution in [2.24, 2.45) is 5.73 Å². The van der Waals surface area contributed by atoms with Crippen LogP contribution in [0.5, 0.6) is 0 Å². The van der Waals surface area contributed by atoms with Crippen molar-refractivity contribution in [2.75, 3.05) is 32.1 Å². The zero-order valence-electron chi connectivity index (χ0n) is 9.18. The van der Waals surface area contributed by atoms with Crippen LogP contribution in [0.3, 0.4) is 0 Å². The van der Waals surface area contributed by atoms with E-state index in [1.165, 1.54) is 4.31 Å². The first kappa shape index (κ1) is 12.9. The number of nitrogens with two attached hydrogens (primary N) is 1. The molecule has 0 aliphatic carbocycles. The highest BCUT2D eigenvalue weighted by atomic mass is 32.2. The molecule has 1 unspecified atom stereocenters. The van der Waals surface area contributed by atoms with Gasteiger partial charge in [0.2, 0.25) is 10.0 Å². The highest BCUT2D eigenvalue weighted by Crippen LogP contribution is 2.08. The molecule has 0 spiro atoms. The van der Waals surface area contributed by atoms with Crippen molar-refractivity contribution < 1.29 is 13.2 Å². The van der Waals surface area contributed by atoms with Crippen molar-refractivity contribution in [3.8, 4) is 0 Å². The Morgan fingerprint density at radius 2 is 2.00 bits per heavy atom. The van der Waals surface area contributed by atoms with E-state index in [0.717, 1.165) is 12.8 Å². The summed E-state index contributed by atoms with van der Waals surface area (Å²) in [7, 11) is -3.18. The lowest BCUT2D eigenvalue weighted by Gasteiger charge is -2.27. The zero-order valence-corrected chi connectivity index (χ0v) is 10.0. The molecule has 5 nitrogen and oxygen atoms in total. The fourth-order valence-corrected chi connectivity index (χ4v) is 3.28. The number of sulfonamides is 1. The molecule has 90 valence electrons. The number of morpholine rings is 1. The Bertz CT molecular complexity index is 273. The quantitative estimate of drug-likeness (QED) is 0.716. The van der Waals surface area contributed by atoms with Gasteiger partial charge in [-0.25, -0.2) is 8.42 Å². The molecule has 2 N–H and O–H groups in total. The van der Waals surface area contributed by atoms with Crippen molar-refractivity contribution in [3.63, 3.8) is 0 Å². The van der Waals surface area contributed by atoms with E-state index in [9.17, 15) is 8.42 Å². The Morgan fingerprint density at radius 1 is 1.40 bits per heavy atom. The van der Waals surface area contributed by atoms with E-state index in [2.05, 4.69) is 0 Å². The third kappa shape index (κ3) is 4.06. The highest BCUT2D eigenvalue weighted by Gasteiger charge is 2.25. The summed E-state index contributed by atoms with van der Waals surface area (Å²) < 4.78 is 30.3. The van der Waals surface area contributed by atoms with Crippen LogP contribution >= 0.6 is 0 Å². The van der Waals surface area contributed by atoms with Crippen LogP contribution < -0.4 is 5.73 Å². The Balaban J connectivity index is 2.49. The number of nitrogens with zero attached hydrogens (tertiary/aromatic N) is 1. The molecule has 1 aliphatic rings. The molecule has 1 rings (SSSR count). The predicted molar refractivity (Wildman–Crippen MR) is 59.1 cm³/mol. The van der Waals surface area contributed by atoms with Gasteiger partial charge in [-0.3, -0.25) is 0 Å². The van der Waals surface area contributed by atoms with Gasteiger partial charge in [0.05, 0.1) is 19.0 Å². The summed E-state index contributed by atoms with van der Waals surface area (Å²) in [6.07, 6.45) is 1.67. The monoisotopic (exact) mass is 236 g/mol. The molecule has 0 saturated carbocycles. The summed E-state index contributed by atoms with van der Waals surface area (Å²) in [4.78, 5) is 0. The molecule has 1 atom stereocenters. The van der Waals surface area contributed by atoms with Crippen LogP contribution in [-0.4, -0.2) is 50.8 Å². The molecule has 0 aromatic rings. The SMILES string of the molecule is CCCC(N)CS(=O)(=O)N1CCOCC1. The second-order valence-electron chi connectivity index (χ2n) is 3.84. The second-order valence-corrected chi connectivity index (χ2v) is 5.85. The normalized spacial score (nSPS) is 21.5. The van der Waals surface area contributed by atoms with Crippen molar-refractivity contribution in [3.05, 3.63) is 0 Å². The van der Waals surface area contributed by atoms with Gasteiger partial charge in [0.25, 0.3) is 0 Å². The maximum atomic E-state index is 11.9. The van der Waals surface area contributed by atoms with E-state index < -0.39 is 10.0 Å². The Kier molecular flexibility index (Phi) is 4.98. The Labute approximate surface area is 91.6 Å². The van der Waals surface area contributed by atoms with Gasteiger partial charge in [0, 0.05) is 19.1 Å². The van der Waals surface area contributed by atoms with Gasteiger partial charge in [-0.05, 0) is 6.42 Å². The summed E-state index contributed by atoms with van der Waals surface area (Å²) in [5, 5.41) is 0. The fraction of sp³-hybridized carbons (Fsp3) is 1.00. The molecule has 0 aromatic carbocycles. The Morgan fingerprint density at radius 3 is 2.53 bits per heavy atom. The number of ether oxygens (including phenoxy) is 1. The van der Waals surface area contributed by atoms with Gasteiger partial charge in [0.1, 0.15) is 0 Å². The predicted octanol–water partition coefficient (Wildman–Crippen LogP) is -0.224. The molecule has 1 saturated heterocycles. The van der Waals surface area contributed by atoms with Crippen LogP contribution in [0.1, 0.15) is 19.8 Å². The first-order chi connectivity index (χ1) is 7.06. The summed E-state index contributed by atoms with van der Waals surface area (Å²) in [6.45, 7) is 3.90. The van der Waals surface area contributed by atoms with Gasteiger partial charge in [-0.15, -0.1) is 0 Å². The van der Waals surface area contributed by atoms with Crippen molar-refractivity contribution in [1.82, 2.24) is 4.31 Å². The van der Waals surface area contributed by atoms with Gasteiger partial charge in [-0.2, -0.15) is 4.31 Å². The molecule has 0 radical (unpaired) electrons. The number of hydrogen-bond donors (Lipinski definition) is 1. The molecule has 0 aromatic heterocycles. The van der Waals surface area contributed by atoms with Gasteiger partial charge in [0.15, 0.2) is 0 Å². The lowest BCUT2D eigenvalue weighted by molar-refractivity contribution is 0.0730. The molecule has 6 heteroatoms. The lowest BCUT2D eigenvalue weighted by Crippen LogP contribution is -2.45. The van der Waals surface area contributed by atoms with Gasteiger partial charge < -0.3 is 10.5 Å². The topological polar surface area (TPSA) is 72.6 Å². The van der Waals surface area contributed by atoms with Crippen LogP contribution in [0.4, 0.5) is 0 Å². The average molecular weight is 236 g/mol. The van der Waals surface area contributed by atoms with Crippen LogP contribution in [0.2, 0.25) is 0 Å². The fourth-order valence-electron chi connectivity index (χ4n) is 1.65. The highest BCUT2D eigenvalue weighted by molar-refractivity contribution is 7.89. The molecule has 1 heterocycles. The summed E-state index contributed by atoms with van der Waals surface area (Å²) in [5.41, 5.74) is 5.74. The van der Waals surface area contributed by atoms with Crippen LogP contribution in [0.25, 0.3) is 0 Å². The van der Waals surface area contributed by atoms with Gasteiger partial charge >= 0.3 is 0 Å². The summed E-state index contributed by atoms with van der Waals surface area (Å²) in [6, 6.07) is -0.247. The van der Waals surface area contributed by atoms with E-state index in [-0.39, 0.29) is 11.8 Å². The third-order valence-corrected chi connectivity index (χ3v) is 4.45. The van der Waals surface area contributed by atoms with Crippen LogP contribution in [0.15, 0.2) is 0 Å². The minimum atomic E-state index is -3.18. The van der Waals surface area contributed by atoms with Crippen LogP contribution in [0, 0.1) is 0 Å². The largest absolute Gasteiger partial charge is 0.379 e. The van der Waals surface area contributed by atoms with Crippen molar-refractivity contribution >= 4 is 10.0 Å². The minimum Gasteiger partial charge on any atom is -0.379 e. The molecule has 0 bridgehead atoms. The smallest absolute Gasteiger partial charge is 0.215 e. The third-order valence-electron chi connectivity index (χ3n) is 2.45. The number of hydrogen-bond acceptors (Lipinski definition) is 4. The zero-order chi connectivity index (χ0) is 11.3. The standard InChI is InChI=1S/C9H20N2O3S/c1-2-3-9(10)8-15(12,13)11-4-6-14-7-5-11/h9H,2-8,10H2,1H3. The molecule has 1 fully saturated rings. The van der Waals surface area contributed by atoms with E-state index in [4.69, 9.17) is 10.5 Å². The first-order valence-electron chi connectivity index (χ1n) is 5.37. The maximum absolute atomic E-state index is 11.9. The molecule has 15 heavy (non-hydrogen) atoms. The van der Waals surface area contributed by atoms with E-state index in [0.29, 0.717) is 26.3 Å². The first-order valence-corrected chi connectivity index (χ1v) is 6.98. The maximum Gasteiger partial charge on any atom is 0.215 e. The van der Waals surface area contributed by atoms with E-state index in [1.807, 2.05) is 6.92 Å². The second kappa shape index (κ2) is 5.79. The molecule has 0 amide bonds. The molecule has 1 aliphatic heterocycles. The van der Waals surface area contributed by atoms with Crippen LogP contribution in [-0.2, 0) is 14.8 Å². The average Bonchev–Trinajstić information content (AvgIpc) is 2.18. The minimum absolute atomic E-state index is 0.0564. The van der Waals surface area contributed by atoms with E-state index in [1.54, 1.807) is 0 Å². The van der Waals surface area contributed by atoms with E-state index >= 15 is 0 Å².